The highest BCUT2D eigenvalue weighted by molar-refractivity contribution is 5.95. The molecule has 0 radical (unpaired) electrons. The summed E-state index contributed by atoms with van der Waals surface area (Å²) < 4.78 is 10.3. The molecule has 1 aromatic carbocycles. The Labute approximate surface area is 157 Å². The van der Waals surface area contributed by atoms with Crippen molar-refractivity contribution in [2.75, 3.05) is 40.5 Å². The van der Waals surface area contributed by atoms with E-state index < -0.39 is 0 Å². The number of hydrogen-bond donors (Lipinski definition) is 0. The third kappa shape index (κ3) is 5.32. The summed E-state index contributed by atoms with van der Waals surface area (Å²) in [5.41, 5.74) is 2.01. The summed E-state index contributed by atoms with van der Waals surface area (Å²) in [7, 11) is 3.39. The topological polar surface area (TPSA) is 42.0 Å². The zero-order chi connectivity index (χ0) is 19.1. The second kappa shape index (κ2) is 9.74. The Balaban J connectivity index is 1.98. The first-order chi connectivity index (χ1) is 12.5. The summed E-state index contributed by atoms with van der Waals surface area (Å²) in [6, 6.07) is 8.51. The molecule has 1 amide bonds. The van der Waals surface area contributed by atoms with E-state index >= 15 is 0 Å². The van der Waals surface area contributed by atoms with Crippen LogP contribution in [0.4, 0.5) is 0 Å². The molecule has 0 N–H and O–H groups in total. The van der Waals surface area contributed by atoms with Crippen molar-refractivity contribution in [2.45, 2.75) is 39.3 Å². The highest BCUT2D eigenvalue weighted by Gasteiger charge is 2.30. The van der Waals surface area contributed by atoms with Crippen LogP contribution in [0.3, 0.4) is 0 Å². The molecule has 26 heavy (non-hydrogen) atoms. The number of hydrogen-bond acceptors (Lipinski definition) is 4. The van der Waals surface area contributed by atoms with Crippen LogP contribution in [-0.2, 0) is 9.53 Å². The normalized spacial score (nSPS) is 21.7. The molecule has 2 rings (SSSR count). The first kappa shape index (κ1) is 20.5. The van der Waals surface area contributed by atoms with Crippen molar-refractivity contribution in [3.63, 3.8) is 0 Å². The van der Waals surface area contributed by atoms with Gasteiger partial charge in [0.2, 0.25) is 5.91 Å². The molecule has 5 nitrogen and oxygen atoms in total. The number of carbonyl (C=O) groups is 1. The molecule has 2 unspecified atom stereocenters. The lowest BCUT2D eigenvalue weighted by Crippen LogP contribution is -2.58. The Morgan fingerprint density at radius 1 is 1.15 bits per heavy atom. The third-order valence-electron chi connectivity index (χ3n) is 5.06. The SMILES string of the molecule is COCCCN1C(C)CN(C(=O)/C=C(\C)c2ccc(OC)cc2)CC1C. The molecular weight excluding hydrogens is 328 g/mol. The number of carbonyl (C=O) groups excluding carboxylic acids is 1. The van der Waals surface area contributed by atoms with Crippen LogP contribution in [0, 0.1) is 0 Å². The van der Waals surface area contributed by atoms with E-state index in [1.165, 1.54) is 0 Å². The number of piperazine rings is 1. The van der Waals surface area contributed by atoms with Crippen molar-refractivity contribution in [2.24, 2.45) is 0 Å². The predicted molar refractivity (Wildman–Crippen MR) is 105 cm³/mol. The number of allylic oxidation sites excluding steroid dienone is 1. The van der Waals surface area contributed by atoms with Crippen LogP contribution in [0.15, 0.2) is 30.3 Å². The van der Waals surface area contributed by atoms with Gasteiger partial charge < -0.3 is 14.4 Å². The van der Waals surface area contributed by atoms with E-state index in [1.54, 1.807) is 20.3 Å². The highest BCUT2D eigenvalue weighted by atomic mass is 16.5. The van der Waals surface area contributed by atoms with Crippen LogP contribution in [0.2, 0.25) is 0 Å². The van der Waals surface area contributed by atoms with Crippen LogP contribution >= 0.6 is 0 Å². The minimum Gasteiger partial charge on any atom is -0.497 e. The average molecular weight is 360 g/mol. The lowest BCUT2D eigenvalue weighted by molar-refractivity contribution is -0.130. The standard InChI is InChI=1S/C21H32N2O3/c1-16(19-7-9-20(26-5)10-8-19)13-21(24)22-14-17(2)23(18(3)15-22)11-6-12-25-4/h7-10,13,17-18H,6,11-12,14-15H2,1-5H3/b16-13+. The van der Waals surface area contributed by atoms with E-state index in [2.05, 4.69) is 18.7 Å². The van der Waals surface area contributed by atoms with Gasteiger partial charge in [0.05, 0.1) is 7.11 Å². The van der Waals surface area contributed by atoms with Crippen molar-refractivity contribution >= 4 is 11.5 Å². The molecule has 1 heterocycles. The fraction of sp³-hybridized carbons (Fsp3) is 0.571. The molecule has 1 aliphatic rings. The van der Waals surface area contributed by atoms with E-state index in [9.17, 15) is 4.79 Å². The zero-order valence-corrected chi connectivity index (χ0v) is 16.7. The van der Waals surface area contributed by atoms with Gasteiger partial charge in [0, 0.05) is 51.5 Å². The van der Waals surface area contributed by atoms with Crippen molar-refractivity contribution in [1.29, 1.82) is 0 Å². The van der Waals surface area contributed by atoms with Gasteiger partial charge in [-0.3, -0.25) is 9.69 Å². The maximum absolute atomic E-state index is 12.7. The summed E-state index contributed by atoms with van der Waals surface area (Å²) in [4.78, 5) is 17.2. The van der Waals surface area contributed by atoms with Crippen LogP contribution in [0.5, 0.6) is 5.75 Å². The lowest BCUT2D eigenvalue weighted by atomic mass is 10.0. The minimum absolute atomic E-state index is 0.0913. The zero-order valence-electron chi connectivity index (χ0n) is 16.7. The Kier molecular flexibility index (Phi) is 7.66. The molecule has 1 saturated heterocycles. The largest absolute Gasteiger partial charge is 0.497 e. The van der Waals surface area contributed by atoms with Gasteiger partial charge in [-0.05, 0) is 50.5 Å². The van der Waals surface area contributed by atoms with E-state index in [-0.39, 0.29) is 5.91 Å². The van der Waals surface area contributed by atoms with Crippen LogP contribution in [0.1, 0.15) is 32.8 Å². The molecule has 0 spiro atoms. The van der Waals surface area contributed by atoms with Gasteiger partial charge in [-0.2, -0.15) is 0 Å². The summed E-state index contributed by atoms with van der Waals surface area (Å²) in [6.45, 7) is 9.70. The molecule has 1 fully saturated rings. The van der Waals surface area contributed by atoms with Crippen molar-refractivity contribution in [1.82, 2.24) is 9.80 Å². The van der Waals surface area contributed by atoms with Gasteiger partial charge in [0.25, 0.3) is 0 Å². The van der Waals surface area contributed by atoms with Gasteiger partial charge >= 0.3 is 0 Å². The summed E-state index contributed by atoms with van der Waals surface area (Å²) in [5, 5.41) is 0. The molecule has 1 aliphatic heterocycles. The van der Waals surface area contributed by atoms with Gasteiger partial charge in [-0.15, -0.1) is 0 Å². The molecular formula is C21H32N2O3. The monoisotopic (exact) mass is 360 g/mol. The molecule has 144 valence electrons. The molecule has 0 aromatic heterocycles. The molecule has 0 aliphatic carbocycles. The first-order valence-electron chi connectivity index (χ1n) is 9.32. The Morgan fingerprint density at radius 3 is 2.31 bits per heavy atom. The molecule has 0 saturated carbocycles. The Morgan fingerprint density at radius 2 is 1.77 bits per heavy atom. The van der Waals surface area contributed by atoms with Crippen LogP contribution in [-0.4, -0.2) is 68.3 Å². The molecule has 0 bridgehead atoms. The Bertz CT molecular complexity index is 600. The van der Waals surface area contributed by atoms with Crippen molar-refractivity contribution in [3.05, 3.63) is 35.9 Å². The molecule has 2 atom stereocenters. The molecule has 5 heteroatoms. The smallest absolute Gasteiger partial charge is 0.246 e. The van der Waals surface area contributed by atoms with Gasteiger partial charge in [-0.25, -0.2) is 0 Å². The number of nitrogens with zero attached hydrogens (tertiary/aromatic N) is 2. The number of methoxy groups -OCH3 is 2. The van der Waals surface area contributed by atoms with Crippen LogP contribution in [0.25, 0.3) is 5.57 Å². The second-order valence-electron chi connectivity index (χ2n) is 7.08. The van der Waals surface area contributed by atoms with Crippen molar-refractivity contribution < 1.29 is 14.3 Å². The fourth-order valence-corrected chi connectivity index (χ4v) is 3.58. The summed E-state index contributed by atoms with van der Waals surface area (Å²) >= 11 is 0. The maximum atomic E-state index is 12.7. The third-order valence-corrected chi connectivity index (χ3v) is 5.06. The van der Waals surface area contributed by atoms with E-state index in [1.807, 2.05) is 36.1 Å². The van der Waals surface area contributed by atoms with Gasteiger partial charge in [0.1, 0.15) is 5.75 Å². The van der Waals surface area contributed by atoms with E-state index in [0.717, 1.165) is 49.5 Å². The lowest BCUT2D eigenvalue weighted by Gasteiger charge is -2.44. The first-order valence-corrected chi connectivity index (χ1v) is 9.32. The molecule has 1 aromatic rings. The van der Waals surface area contributed by atoms with E-state index in [0.29, 0.717) is 12.1 Å². The highest BCUT2D eigenvalue weighted by Crippen LogP contribution is 2.20. The summed E-state index contributed by atoms with van der Waals surface area (Å²) in [6.07, 6.45) is 2.78. The number of ether oxygens (including phenoxy) is 2. The average Bonchev–Trinajstić information content (AvgIpc) is 2.63. The van der Waals surface area contributed by atoms with Gasteiger partial charge in [0.15, 0.2) is 0 Å². The number of benzene rings is 1. The maximum Gasteiger partial charge on any atom is 0.246 e. The predicted octanol–water partition coefficient (Wildman–Crippen LogP) is 3.06. The summed E-state index contributed by atoms with van der Waals surface area (Å²) in [5.74, 6) is 0.911. The van der Waals surface area contributed by atoms with Crippen LogP contribution < -0.4 is 4.74 Å². The fourth-order valence-electron chi connectivity index (χ4n) is 3.58. The Hall–Kier alpha value is -1.85. The quantitative estimate of drug-likeness (QED) is 0.554. The second-order valence-corrected chi connectivity index (χ2v) is 7.08. The number of amides is 1. The minimum atomic E-state index is 0.0913. The van der Waals surface area contributed by atoms with Crippen molar-refractivity contribution in [3.8, 4) is 5.75 Å². The van der Waals surface area contributed by atoms with E-state index in [4.69, 9.17) is 9.47 Å². The number of rotatable bonds is 7. The van der Waals surface area contributed by atoms with Gasteiger partial charge in [-0.1, -0.05) is 12.1 Å².